The molecule has 2 N–H and O–H groups in total. The molecule has 0 radical (unpaired) electrons. The van der Waals surface area contributed by atoms with Gasteiger partial charge in [-0.3, -0.25) is 19.8 Å². The number of aromatic amines is 1. The number of carbonyl (C=O) groups excluding carboxylic acids is 1. The normalized spacial score (nSPS) is 20.9. The predicted octanol–water partition coefficient (Wildman–Crippen LogP) is 3.75. The molecule has 2 atom stereocenters. The average molecular weight is 524 g/mol. The first-order valence-electron chi connectivity index (χ1n) is 9.40. The lowest BCUT2D eigenvalue weighted by Crippen LogP contribution is -2.58. The van der Waals surface area contributed by atoms with Crippen LogP contribution in [-0.2, 0) is 21.0 Å². The zero-order valence-corrected chi connectivity index (χ0v) is 19.5. The quantitative estimate of drug-likeness (QED) is 0.444. The molecule has 0 spiro atoms. The van der Waals surface area contributed by atoms with Crippen molar-refractivity contribution in [2.75, 3.05) is 4.90 Å². The number of dihydropyridines is 1. The van der Waals surface area contributed by atoms with Crippen molar-refractivity contribution in [3.8, 4) is 0 Å². The molecule has 1 amide bonds. The molecule has 0 saturated carbocycles. The Morgan fingerprint density at radius 3 is 2.58 bits per heavy atom. The van der Waals surface area contributed by atoms with E-state index in [0.717, 1.165) is 12.1 Å². The summed E-state index contributed by atoms with van der Waals surface area (Å²) in [6.07, 6.45) is 0.389. The maximum absolute atomic E-state index is 13.3. The number of rotatable bonds is 6. The fourth-order valence-corrected chi connectivity index (χ4v) is 5.14. The Labute approximate surface area is 197 Å². The Bertz CT molecular complexity index is 1200. The number of sulfonamides is 1. The number of alkyl halides is 4. The lowest BCUT2D eigenvalue weighted by atomic mass is 10.0. The number of anilines is 1. The van der Waals surface area contributed by atoms with Gasteiger partial charge in [-0.15, -0.1) is 0 Å². The molecule has 3 rings (SSSR count). The highest BCUT2D eigenvalue weighted by Crippen LogP contribution is 2.37. The molecule has 0 bridgehead atoms. The molecule has 8 nitrogen and oxygen atoms in total. The van der Waals surface area contributed by atoms with Crippen molar-refractivity contribution in [2.24, 2.45) is 4.99 Å². The Kier molecular flexibility index (Phi) is 6.94. The summed E-state index contributed by atoms with van der Waals surface area (Å²) in [6.45, 7) is 3.42. The molecule has 178 valence electrons. The molecule has 33 heavy (non-hydrogen) atoms. The molecule has 0 aliphatic carbocycles. The SMILES string of the molecule is CC(C)N(C(=O)C1N=CC=CC1(Cl)NS(=O)(=O)c1ccc(Cl)c(C(F)(F)F)c1)c1cc[nH]n1. The number of nitrogens with one attached hydrogen (secondary N) is 2. The van der Waals surface area contributed by atoms with Crippen LogP contribution in [0.1, 0.15) is 19.4 Å². The summed E-state index contributed by atoms with van der Waals surface area (Å²) in [5.41, 5.74) is -1.33. The Balaban J connectivity index is 1.98. The molecule has 0 saturated heterocycles. The molecule has 2 unspecified atom stereocenters. The van der Waals surface area contributed by atoms with E-state index in [0.29, 0.717) is 6.07 Å². The average Bonchev–Trinajstić information content (AvgIpc) is 3.20. The Morgan fingerprint density at radius 1 is 1.30 bits per heavy atom. The zero-order valence-electron chi connectivity index (χ0n) is 17.1. The predicted molar refractivity (Wildman–Crippen MR) is 118 cm³/mol. The van der Waals surface area contributed by atoms with Gasteiger partial charge in [0.25, 0.3) is 5.91 Å². The van der Waals surface area contributed by atoms with Crippen LogP contribution in [0.25, 0.3) is 0 Å². The Morgan fingerprint density at radius 2 is 2.00 bits per heavy atom. The summed E-state index contributed by atoms with van der Waals surface area (Å²) in [4.78, 5) is 15.8. The van der Waals surface area contributed by atoms with E-state index < -0.39 is 54.7 Å². The topological polar surface area (TPSA) is 108 Å². The first-order valence-corrected chi connectivity index (χ1v) is 11.6. The van der Waals surface area contributed by atoms with Crippen LogP contribution < -0.4 is 9.62 Å². The molecule has 1 aliphatic heterocycles. The van der Waals surface area contributed by atoms with Gasteiger partial charge in [0.2, 0.25) is 10.0 Å². The first kappa shape index (κ1) is 25.2. The summed E-state index contributed by atoms with van der Waals surface area (Å²) in [6, 6.07) is 1.76. The van der Waals surface area contributed by atoms with E-state index in [9.17, 15) is 26.4 Å². The highest BCUT2D eigenvalue weighted by molar-refractivity contribution is 7.89. The molecule has 2 heterocycles. The largest absolute Gasteiger partial charge is 0.417 e. The lowest BCUT2D eigenvalue weighted by molar-refractivity contribution is -0.137. The van der Waals surface area contributed by atoms with Crippen molar-refractivity contribution in [1.82, 2.24) is 14.9 Å². The number of aromatic nitrogens is 2. The summed E-state index contributed by atoms with van der Waals surface area (Å²) in [7, 11) is -4.64. The highest BCUT2D eigenvalue weighted by Gasteiger charge is 2.47. The van der Waals surface area contributed by atoms with Crippen LogP contribution in [0.5, 0.6) is 0 Å². The third-order valence-electron chi connectivity index (χ3n) is 4.62. The molecular weight excluding hydrogens is 506 g/mol. The smallest absolute Gasteiger partial charge is 0.291 e. The van der Waals surface area contributed by atoms with E-state index in [2.05, 4.69) is 19.9 Å². The van der Waals surface area contributed by atoms with Gasteiger partial charge >= 0.3 is 6.18 Å². The van der Waals surface area contributed by atoms with Gasteiger partial charge in [-0.05, 0) is 44.2 Å². The maximum atomic E-state index is 13.3. The third-order valence-corrected chi connectivity index (χ3v) is 6.97. The first-order chi connectivity index (χ1) is 15.3. The minimum atomic E-state index is -4.88. The lowest BCUT2D eigenvalue weighted by Gasteiger charge is -2.35. The van der Waals surface area contributed by atoms with Gasteiger partial charge in [0.15, 0.2) is 16.9 Å². The number of nitrogens with zero attached hydrogens (tertiary/aromatic N) is 3. The number of hydrogen-bond acceptors (Lipinski definition) is 5. The van der Waals surface area contributed by atoms with E-state index in [1.807, 2.05) is 0 Å². The maximum Gasteiger partial charge on any atom is 0.417 e. The molecule has 0 fully saturated rings. The molecule has 1 aromatic heterocycles. The number of hydrogen-bond donors (Lipinski definition) is 2. The second kappa shape index (κ2) is 9.09. The number of carbonyl (C=O) groups is 1. The summed E-state index contributed by atoms with van der Waals surface area (Å²) in [5, 5.41) is 5.89. The number of amides is 1. The fourth-order valence-electron chi connectivity index (χ4n) is 3.16. The van der Waals surface area contributed by atoms with E-state index in [-0.39, 0.29) is 5.82 Å². The van der Waals surface area contributed by atoms with Gasteiger partial charge in [-0.2, -0.15) is 23.0 Å². The number of aliphatic imine (C=N–C) groups is 1. The third kappa shape index (κ3) is 5.24. The van der Waals surface area contributed by atoms with Crippen LogP contribution in [0.15, 0.2) is 52.5 Å². The summed E-state index contributed by atoms with van der Waals surface area (Å²) < 4.78 is 67.6. The van der Waals surface area contributed by atoms with Crippen LogP contribution in [0.3, 0.4) is 0 Å². The molecule has 14 heteroatoms. The minimum absolute atomic E-state index is 0.258. The summed E-state index contributed by atoms with van der Waals surface area (Å²) in [5.74, 6) is -0.420. The zero-order chi connectivity index (χ0) is 24.6. The van der Waals surface area contributed by atoms with Crippen molar-refractivity contribution < 1.29 is 26.4 Å². The molecule has 2 aromatic rings. The van der Waals surface area contributed by atoms with Gasteiger partial charge < -0.3 is 0 Å². The molecular formula is C19H18Cl2F3N5O3S. The van der Waals surface area contributed by atoms with E-state index in [1.54, 1.807) is 13.8 Å². The second-order valence-corrected chi connectivity index (χ2v) is 10.0. The fraction of sp³-hybridized carbons (Fsp3) is 0.316. The molecule has 1 aliphatic rings. The van der Waals surface area contributed by atoms with Crippen LogP contribution in [0, 0.1) is 0 Å². The highest BCUT2D eigenvalue weighted by atomic mass is 35.5. The number of benzene rings is 1. The minimum Gasteiger partial charge on any atom is -0.291 e. The monoisotopic (exact) mass is 523 g/mol. The van der Waals surface area contributed by atoms with Gasteiger partial charge in [0, 0.05) is 24.5 Å². The van der Waals surface area contributed by atoms with Gasteiger partial charge in [-0.1, -0.05) is 23.2 Å². The second-order valence-electron chi connectivity index (χ2n) is 7.31. The van der Waals surface area contributed by atoms with Crippen molar-refractivity contribution in [1.29, 1.82) is 0 Å². The van der Waals surface area contributed by atoms with Crippen LogP contribution in [0.2, 0.25) is 5.02 Å². The van der Waals surface area contributed by atoms with Gasteiger partial charge in [-0.25, -0.2) is 8.42 Å². The number of halogens is 5. The number of H-pyrrole nitrogens is 1. The Hall–Kier alpha value is -2.41. The van der Waals surface area contributed by atoms with E-state index in [1.165, 1.54) is 35.5 Å². The summed E-state index contributed by atoms with van der Waals surface area (Å²) >= 11 is 12.1. The van der Waals surface area contributed by atoms with Crippen LogP contribution >= 0.6 is 23.2 Å². The number of allylic oxidation sites excluding steroid dienone is 1. The molecule has 1 aromatic carbocycles. The van der Waals surface area contributed by atoms with Crippen molar-refractivity contribution in [3.05, 3.63) is 53.2 Å². The van der Waals surface area contributed by atoms with Crippen molar-refractivity contribution in [3.63, 3.8) is 0 Å². The van der Waals surface area contributed by atoms with Gasteiger partial charge in [0.1, 0.15) is 0 Å². The van der Waals surface area contributed by atoms with Crippen LogP contribution in [0.4, 0.5) is 19.0 Å². The van der Waals surface area contributed by atoms with E-state index >= 15 is 0 Å². The van der Waals surface area contributed by atoms with E-state index in [4.69, 9.17) is 23.2 Å². The van der Waals surface area contributed by atoms with Crippen molar-refractivity contribution >= 4 is 51.2 Å². The van der Waals surface area contributed by atoms with Crippen LogP contribution in [-0.4, -0.2) is 47.8 Å². The standard InChI is InChI=1S/C19H18Cl2F3N5O3S/c1-11(2)29(15-6-9-26-27-15)17(30)16-18(21,7-3-8-25-16)28-33(31,32)12-4-5-14(20)13(10-12)19(22,23)24/h3-11,16,28H,1-2H3,(H,26,27). The van der Waals surface area contributed by atoms with Gasteiger partial charge in [0.05, 0.1) is 15.5 Å². The van der Waals surface area contributed by atoms with Crippen molar-refractivity contribution in [2.45, 2.75) is 42.0 Å².